The number of nitrogens with two attached hydrogens (primary N) is 1. The molecule has 6 heteroatoms. The van der Waals surface area contributed by atoms with Crippen molar-refractivity contribution < 1.29 is 8.42 Å². The summed E-state index contributed by atoms with van der Waals surface area (Å²) in [5.74, 6) is 0.502. The Morgan fingerprint density at radius 2 is 2.00 bits per heavy atom. The van der Waals surface area contributed by atoms with Crippen LogP contribution in [0.2, 0.25) is 0 Å². The van der Waals surface area contributed by atoms with Crippen molar-refractivity contribution in [1.82, 2.24) is 4.98 Å². The molecule has 2 atom stereocenters. The maximum absolute atomic E-state index is 11.4. The van der Waals surface area contributed by atoms with Crippen molar-refractivity contribution in [1.29, 1.82) is 0 Å². The summed E-state index contributed by atoms with van der Waals surface area (Å²) in [6, 6.07) is -0.105. The van der Waals surface area contributed by atoms with Gasteiger partial charge in [-0.1, -0.05) is 13.8 Å². The molecule has 1 aromatic rings. The van der Waals surface area contributed by atoms with Crippen molar-refractivity contribution in [3.63, 3.8) is 0 Å². The number of rotatable bonds is 5. The van der Waals surface area contributed by atoms with E-state index in [4.69, 9.17) is 5.73 Å². The van der Waals surface area contributed by atoms with Crippen molar-refractivity contribution in [3.05, 3.63) is 16.1 Å². The van der Waals surface area contributed by atoms with Gasteiger partial charge in [-0.15, -0.1) is 11.3 Å². The summed E-state index contributed by atoms with van der Waals surface area (Å²) in [5.41, 5.74) is 6.81. The standard InChI is InChI=1S/C11H20N2O2S2/c1-7(2)5-9(12)10-6-16-11(13-10)8(3)17(4,14)15/h6-9H,5,12H2,1-4H3. The fourth-order valence-corrected chi connectivity index (χ4v) is 3.40. The minimum atomic E-state index is -3.08. The molecule has 2 N–H and O–H groups in total. The van der Waals surface area contributed by atoms with Crippen LogP contribution in [-0.4, -0.2) is 19.7 Å². The van der Waals surface area contributed by atoms with Gasteiger partial charge in [-0.05, 0) is 19.3 Å². The van der Waals surface area contributed by atoms with E-state index in [0.29, 0.717) is 10.9 Å². The fourth-order valence-electron chi connectivity index (χ4n) is 1.47. The zero-order chi connectivity index (χ0) is 13.2. The van der Waals surface area contributed by atoms with Crippen LogP contribution in [0.15, 0.2) is 5.38 Å². The molecule has 0 amide bonds. The number of hydrogen-bond donors (Lipinski definition) is 1. The third kappa shape index (κ3) is 4.04. The first kappa shape index (κ1) is 14.6. The predicted octanol–water partition coefficient (Wildman–Crippen LogP) is 2.29. The molecule has 0 aliphatic rings. The van der Waals surface area contributed by atoms with Gasteiger partial charge in [0.1, 0.15) is 10.3 Å². The van der Waals surface area contributed by atoms with Crippen molar-refractivity contribution in [3.8, 4) is 0 Å². The van der Waals surface area contributed by atoms with E-state index in [1.165, 1.54) is 17.6 Å². The van der Waals surface area contributed by atoms with Crippen LogP contribution in [0.5, 0.6) is 0 Å². The smallest absolute Gasteiger partial charge is 0.156 e. The molecule has 0 aromatic carbocycles. The van der Waals surface area contributed by atoms with Gasteiger partial charge in [-0.25, -0.2) is 13.4 Å². The van der Waals surface area contributed by atoms with Crippen LogP contribution >= 0.6 is 11.3 Å². The molecule has 0 radical (unpaired) electrons. The van der Waals surface area contributed by atoms with Gasteiger partial charge in [-0.2, -0.15) is 0 Å². The summed E-state index contributed by atoms with van der Waals surface area (Å²) < 4.78 is 22.8. The molecule has 1 aromatic heterocycles. The van der Waals surface area contributed by atoms with Gasteiger partial charge >= 0.3 is 0 Å². The summed E-state index contributed by atoms with van der Waals surface area (Å²) in [4.78, 5) is 4.34. The van der Waals surface area contributed by atoms with Crippen LogP contribution in [0.25, 0.3) is 0 Å². The second kappa shape index (κ2) is 5.46. The van der Waals surface area contributed by atoms with Gasteiger partial charge in [0.15, 0.2) is 9.84 Å². The summed E-state index contributed by atoms with van der Waals surface area (Å²) in [5, 5.41) is 1.94. The Kier molecular flexibility index (Phi) is 4.69. The molecule has 0 fully saturated rings. The van der Waals surface area contributed by atoms with Crippen molar-refractivity contribution >= 4 is 21.2 Å². The third-order valence-electron chi connectivity index (χ3n) is 2.63. The van der Waals surface area contributed by atoms with Gasteiger partial charge in [-0.3, -0.25) is 0 Å². The molecule has 98 valence electrons. The van der Waals surface area contributed by atoms with Crippen LogP contribution < -0.4 is 5.73 Å². The number of aromatic nitrogens is 1. The lowest BCUT2D eigenvalue weighted by atomic mass is 10.0. The van der Waals surface area contributed by atoms with Crippen molar-refractivity contribution in [2.45, 2.75) is 38.5 Å². The van der Waals surface area contributed by atoms with E-state index in [-0.39, 0.29) is 6.04 Å². The number of hydrogen-bond acceptors (Lipinski definition) is 5. The minimum absolute atomic E-state index is 0.105. The first-order chi connectivity index (χ1) is 7.71. The Balaban J connectivity index is 2.85. The van der Waals surface area contributed by atoms with Crippen LogP contribution in [0, 0.1) is 5.92 Å². The molecule has 0 aliphatic carbocycles. The largest absolute Gasteiger partial charge is 0.323 e. The Labute approximate surface area is 107 Å². The maximum atomic E-state index is 11.4. The summed E-state index contributed by atoms with van der Waals surface area (Å²) in [6.45, 7) is 5.87. The highest BCUT2D eigenvalue weighted by Gasteiger charge is 2.22. The molecule has 1 rings (SSSR count). The van der Waals surface area contributed by atoms with Gasteiger partial charge in [0.05, 0.1) is 5.69 Å². The first-order valence-electron chi connectivity index (χ1n) is 5.61. The highest BCUT2D eigenvalue weighted by Crippen LogP contribution is 2.27. The number of thiazole rings is 1. The van der Waals surface area contributed by atoms with E-state index < -0.39 is 15.1 Å². The van der Waals surface area contributed by atoms with Gasteiger partial charge < -0.3 is 5.73 Å². The van der Waals surface area contributed by atoms with Crippen LogP contribution in [0.1, 0.15) is 49.2 Å². The summed E-state index contributed by atoms with van der Waals surface area (Å²) in [6.07, 6.45) is 2.09. The molecule has 4 nitrogen and oxygen atoms in total. The second-order valence-corrected chi connectivity index (χ2v) is 8.07. The van der Waals surface area contributed by atoms with E-state index in [0.717, 1.165) is 12.1 Å². The molecule has 17 heavy (non-hydrogen) atoms. The lowest BCUT2D eigenvalue weighted by molar-refractivity contribution is 0.503. The molecular weight excluding hydrogens is 256 g/mol. The van der Waals surface area contributed by atoms with E-state index in [2.05, 4.69) is 18.8 Å². The lowest BCUT2D eigenvalue weighted by Gasteiger charge is -2.11. The van der Waals surface area contributed by atoms with Gasteiger partial charge in [0.2, 0.25) is 0 Å². The predicted molar refractivity (Wildman–Crippen MR) is 71.8 cm³/mol. The number of sulfone groups is 1. The highest BCUT2D eigenvalue weighted by atomic mass is 32.2. The topological polar surface area (TPSA) is 73.1 Å². The molecule has 0 saturated heterocycles. The molecule has 2 unspecified atom stereocenters. The highest BCUT2D eigenvalue weighted by molar-refractivity contribution is 7.91. The zero-order valence-corrected chi connectivity index (χ0v) is 12.3. The average Bonchev–Trinajstić information content (AvgIpc) is 2.62. The van der Waals surface area contributed by atoms with Crippen LogP contribution in [0.4, 0.5) is 0 Å². The summed E-state index contributed by atoms with van der Waals surface area (Å²) >= 11 is 1.37. The fraction of sp³-hybridized carbons (Fsp3) is 0.727. The Morgan fingerprint density at radius 3 is 2.47 bits per heavy atom. The van der Waals surface area contributed by atoms with Crippen LogP contribution in [0.3, 0.4) is 0 Å². The normalized spacial score (nSPS) is 16.1. The van der Waals surface area contributed by atoms with Gasteiger partial charge in [0.25, 0.3) is 0 Å². The Morgan fingerprint density at radius 1 is 1.41 bits per heavy atom. The lowest BCUT2D eigenvalue weighted by Crippen LogP contribution is -2.14. The molecule has 0 bridgehead atoms. The molecule has 0 spiro atoms. The molecular formula is C11H20N2O2S2. The van der Waals surface area contributed by atoms with E-state index in [1.54, 1.807) is 6.92 Å². The van der Waals surface area contributed by atoms with E-state index in [9.17, 15) is 8.42 Å². The van der Waals surface area contributed by atoms with Crippen molar-refractivity contribution in [2.75, 3.05) is 6.26 Å². The quantitative estimate of drug-likeness (QED) is 0.895. The zero-order valence-electron chi connectivity index (χ0n) is 10.7. The second-order valence-electron chi connectivity index (χ2n) is 4.82. The molecule has 0 aliphatic heterocycles. The molecule has 0 saturated carbocycles. The maximum Gasteiger partial charge on any atom is 0.156 e. The van der Waals surface area contributed by atoms with E-state index in [1.807, 2.05) is 5.38 Å². The van der Waals surface area contributed by atoms with E-state index >= 15 is 0 Å². The van der Waals surface area contributed by atoms with Crippen LogP contribution in [-0.2, 0) is 9.84 Å². The average molecular weight is 276 g/mol. The monoisotopic (exact) mass is 276 g/mol. The Bertz CT molecular complexity index is 466. The Hall–Kier alpha value is -0.460. The minimum Gasteiger partial charge on any atom is -0.323 e. The third-order valence-corrected chi connectivity index (χ3v) is 5.34. The van der Waals surface area contributed by atoms with Gasteiger partial charge in [0, 0.05) is 17.7 Å². The first-order valence-corrected chi connectivity index (χ1v) is 8.45. The van der Waals surface area contributed by atoms with Crippen molar-refractivity contribution in [2.24, 2.45) is 11.7 Å². The number of nitrogens with zero attached hydrogens (tertiary/aromatic N) is 1. The summed E-state index contributed by atoms with van der Waals surface area (Å²) in [7, 11) is -3.08. The SMILES string of the molecule is CC(C)CC(N)c1csc(C(C)S(C)(=O)=O)n1. The molecule has 1 heterocycles.